The molecule has 2 aromatic rings. The van der Waals surface area contributed by atoms with Gasteiger partial charge in [0.1, 0.15) is 10.8 Å². The number of nitrogens with zero attached hydrogens (tertiary/aromatic N) is 3. The van der Waals surface area contributed by atoms with E-state index in [1.807, 2.05) is 6.92 Å². The van der Waals surface area contributed by atoms with E-state index in [9.17, 15) is 4.79 Å². The fourth-order valence-electron chi connectivity index (χ4n) is 2.55. The molecule has 0 saturated carbocycles. The largest absolute Gasteiger partial charge is 0.347 e. The monoisotopic (exact) mass is 339 g/mol. The van der Waals surface area contributed by atoms with Crippen molar-refractivity contribution in [3.8, 4) is 0 Å². The molecule has 0 unspecified atom stereocenters. The molecule has 0 spiro atoms. The number of hydrogen-bond acceptors (Lipinski definition) is 5. The third-order valence-electron chi connectivity index (χ3n) is 3.70. The lowest BCUT2D eigenvalue weighted by Gasteiger charge is -2.10. The molecule has 1 atom stereocenters. The molecule has 3 rings (SSSR count). The molecule has 1 aliphatic carbocycles. The van der Waals surface area contributed by atoms with E-state index in [0.29, 0.717) is 18.7 Å². The second-order valence-corrected chi connectivity index (χ2v) is 6.92. The van der Waals surface area contributed by atoms with Crippen molar-refractivity contribution >= 4 is 28.8 Å². The van der Waals surface area contributed by atoms with Gasteiger partial charge in [0.05, 0.1) is 11.7 Å². The van der Waals surface area contributed by atoms with Gasteiger partial charge in [-0.15, -0.1) is 16.4 Å². The third-order valence-corrected chi connectivity index (χ3v) is 5.21. The number of halogens is 1. The fourth-order valence-corrected chi connectivity index (χ4v) is 3.85. The Bertz CT molecular complexity index is 644. The van der Waals surface area contributed by atoms with Gasteiger partial charge in [-0.2, -0.15) is 0 Å². The lowest BCUT2D eigenvalue weighted by molar-refractivity contribution is -0.121. The molecule has 1 aliphatic rings. The van der Waals surface area contributed by atoms with Gasteiger partial charge in [-0.25, -0.2) is 9.97 Å². The zero-order valence-electron chi connectivity index (χ0n) is 12.4. The maximum atomic E-state index is 12.0. The Kier molecular flexibility index (Phi) is 4.73. The second kappa shape index (κ2) is 6.75. The Hall–Kier alpha value is -1.47. The van der Waals surface area contributed by atoms with E-state index in [1.54, 1.807) is 11.3 Å². The summed E-state index contributed by atoms with van der Waals surface area (Å²) in [6.45, 7) is 1.98. The first kappa shape index (κ1) is 15.4. The number of H-pyrrole nitrogens is 1. The van der Waals surface area contributed by atoms with Crippen LogP contribution in [0.15, 0.2) is 0 Å². The molecule has 0 aliphatic heterocycles. The predicted molar refractivity (Wildman–Crippen MR) is 85.0 cm³/mol. The summed E-state index contributed by atoms with van der Waals surface area (Å²) >= 11 is 7.36. The van der Waals surface area contributed by atoms with E-state index in [2.05, 4.69) is 25.5 Å². The topological polar surface area (TPSA) is 83.6 Å². The van der Waals surface area contributed by atoms with Crippen LogP contribution in [0.2, 0.25) is 5.28 Å². The van der Waals surface area contributed by atoms with E-state index in [1.165, 1.54) is 23.4 Å². The zero-order chi connectivity index (χ0) is 15.5. The number of carbonyl (C=O) groups excluding carboxylic acids is 1. The van der Waals surface area contributed by atoms with Crippen molar-refractivity contribution in [2.24, 2.45) is 0 Å². The van der Waals surface area contributed by atoms with Gasteiger partial charge in [0.2, 0.25) is 11.2 Å². The summed E-state index contributed by atoms with van der Waals surface area (Å²) in [4.78, 5) is 22.1. The Morgan fingerprint density at radius 2 is 2.23 bits per heavy atom. The van der Waals surface area contributed by atoms with Crippen molar-refractivity contribution in [3.63, 3.8) is 0 Å². The molecule has 2 aromatic heterocycles. The maximum Gasteiger partial charge on any atom is 0.242 e. The molecule has 118 valence electrons. The zero-order valence-corrected chi connectivity index (χ0v) is 13.9. The number of aromatic nitrogens is 4. The number of hydrogen-bond donors (Lipinski definition) is 2. The fraction of sp³-hybridized carbons (Fsp3) is 0.571. The minimum Gasteiger partial charge on any atom is -0.347 e. The summed E-state index contributed by atoms with van der Waals surface area (Å²) in [7, 11) is 0. The minimum absolute atomic E-state index is 0.0202. The molecule has 0 radical (unpaired) electrons. The van der Waals surface area contributed by atoms with Gasteiger partial charge in [-0.1, -0.05) is 0 Å². The van der Waals surface area contributed by atoms with Crippen LogP contribution in [0.4, 0.5) is 0 Å². The number of aromatic amines is 1. The second-order valence-electron chi connectivity index (χ2n) is 5.47. The normalized spacial score (nSPS) is 15.4. The highest BCUT2D eigenvalue weighted by molar-refractivity contribution is 7.11. The van der Waals surface area contributed by atoms with Crippen LogP contribution in [0.3, 0.4) is 0 Å². The Morgan fingerprint density at radius 3 is 2.95 bits per heavy atom. The van der Waals surface area contributed by atoms with Gasteiger partial charge in [0, 0.05) is 17.7 Å². The van der Waals surface area contributed by atoms with Crippen LogP contribution in [-0.2, 0) is 24.1 Å². The van der Waals surface area contributed by atoms with E-state index in [4.69, 9.17) is 11.6 Å². The molecule has 2 heterocycles. The van der Waals surface area contributed by atoms with Gasteiger partial charge < -0.3 is 5.32 Å². The van der Waals surface area contributed by atoms with Crippen LogP contribution in [0.5, 0.6) is 0 Å². The van der Waals surface area contributed by atoms with E-state index in [0.717, 1.165) is 17.8 Å². The van der Waals surface area contributed by atoms with Crippen molar-refractivity contribution in [3.05, 3.63) is 26.7 Å². The Balaban J connectivity index is 1.53. The summed E-state index contributed by atoms with van der Waals surface area (Å²) in [5.74, 6) is 0.603. The van der Waals surface area contributed by atoms with E-state index in [-0.39, 0.29) is 17.2 Å². The maximum absolute atomic E-state index is 12.0. The summed E-state index contributed by atoms with van der Waals surface area (Å²) in [5, 5.41) is 10.6. The van der Waals surface area contributed by atoms with Gasteiger partial charge in [-0.05, 0) is 44.2 Å². The van der Waals surface area contributed by atoms with Crippen molar-refractivity contribution in [1.29, 1.82) is 0 Å². The number of thiazole rings is 1. The molecule has 1 amide bonds. The average Bonchev–Trinajstić information content (AvgIpc) is 3.11. The smallest absolute Gasteiger partial charge is 0.242 e. The van der Waals surface area contributed by atoms with Crippen LogP contribution < -0.4 is 5.32 Å². The summed E-state index contributed by atoms with van der Waals surface area (Å²) in [6, 6.07) is -0.0542. The number of carbonyl (C=O) groups is 1. The van der Waals surface area contributed by atoms with E-state index < -0.39 is 0 Å². The SMILES string of the molecule is C[C@@H](NC(=O)CCc1nc(Cl)n[nH]1)c1nc2c(s1)CCCC2. The van der Waals surface area contributed by atoms with Crippen molar-refractivity contribution in [2.75, 3.05) is 0 Å². The van der Waals surface area contributed by atoms with E-state index >= 15 is 0 Å². The van der Waals surface area contributed by atoms with Gasteiger partial charge >= 0.3 is 0 Å². The molecule has 0 aromatic carbocycles. The summed E-state index contributed by atoms with van der Waals surface area (Å²) in [6.07, 6.45) is 5.50. The lowest BCUT2D eigenvalue weighted by atomic mass is 10.0. The highest BCUT2D eigenvalue weighted by Crippen LogP contribution is 2.29. The van der Waals surface area contributed by atoms with Crippen LogP contribution in [0, 0.1) is 0 Å². The standard InChI is InChI=1S/C14H18ClN5OS/c1-8(13-17-9-4-2-3-5-10(9)22-13)16-12(21)7-6-11-18-14(15)20-19-11/h8H,2-7H2,1H3,(H,16,21)(H,18,19,20)/t8-/m1/s1. The van der Waals surface area contributed by atoms with Crippen LogP contribution in [0.25, 0.3) is 0 Å². The molecule has 0 saturated heterocycles. The van der Waals surface area contributed by atoms with Gasteiger partial charge in [0.25, 0.3) is 0 Å². The van der Waals surface area contributed by atoms with Crippen molar-refractivity contribution in [2.45, 2.75) is 51.5 Å². The molecular formula is C14H18ClN5OS. The summed E-state index contributed by atoms with van der Waals surface area (Å²) in [5.41, 5.74) is 1.23. The molecule has 8 heteroatoms. The molecule has 6 nitrogen and oxygen atoms in total. The third kappa shape index (κ3) is 3.64. The van der Waals surface area contributed by atoms with Gasteiger partial charge in [-0.3, -0.25) is 9.89 Å². The van der Waals surface area contributed by atoms with Crippen LogP contribution in [-0.4, -0.2) is 26.1 Å². The van der Waals surface area contributed by atoms with Gasteiger partial charge in [0.15, 0.2) is 0 Å². The Labute approximate surface area is 137 Å². The highest BCUT2D eigenvalue weighted by atomic mass is 35.5. The lowest BCUT2D eigenvalue weighted by Crippen LogP contribution is -2.26. The number of fused-ring (bicyclic) bond motifs is 1. The molecule has 0 fully saturated rings. The number of rotatable bonds is 5. The average molecular weight is 340 g/mol. The molecule has 22 heavy (non-hydrogen) atoms. The van der Waals surface area contributed by atoms with Crippen LogP contribution >= 0.6 is 22.9 Å². The minimum atomic E-state index is -0.0542. The quantitative estimate of drug-likeness (QED) is 0.877. The first-order valence-electron chi connectivity index (χ1n) is 7.46. The molecule has 0 bridgehead atoms. The Morgan fingerprint density at radius 1 is 1.41 bits per heavy atom. The summed E-state index contributed by atoms with van der Waals surface area (Å²) < 4.78 is 0. The first-order chi connectivity index (χ1) is 10.6. The molecular weight excluding hydrogens is 322 g/mol. The molecule has 2 N–H and O–H groups in total. The highest BCUT2D eigenvalue weighted by Gasteiger charge is 2.19. The number of nitrogens with one attached hydrogen (secondary N) is 2. The van der Waals surface area contributed by atoms with Crippen molar-refractivity contribution in [1.82, 2.24) is 25.5 Å². The van der Waals surface area contributed by atoms with Crippen LogP contribution in [0.1, 0.15) is 53.6 Å². The van der Waals surface area contributed by atoms with Crippen molar-refractivity contribution < 1.29 is 4.79 Å². The predicted octanol–water partition coefficient (Wildman–Crippen LogP) is 2.60. The number of aryl methyl sites for hydroxylation is 3. The number of amides is 1. The first-order valence-corrected chi connectivity index (χ1v) is 8.66.